The summed E-state index contributed by atoms with van der Waals surface area (Å²) in [6.07, 6.45) is -1.31. The second-order valence-corrected chi connectivity index (χ2v) is 6.84. The van der Waals surface area contributed by atoms with E-state index in [0.29, 0.717) is 5.56 Å². The fourth-order valence-electron chi connectivity index (χ4n) is 3.24. The van der Waals surface area contributed by atoms with E-state index in [-0.39, 0.29) is 11.1 Å². The summed E-state index contributed by atoms with van der Waals surface area (Å²) in [4.78, 5) is 51.2. The maximum atomic E-state index is 12.9. The van der Waals surface area contributed by atoms with Gasteiger partial charge in [0, 0.05) is 5.56 Å². The topological polar surface area (TPSA) is 107 Å². The first-order valence-electron chi connectivity index (χ1n) is 8.84. The number of nitrogens with two attached hydrogens (primary N) is 1. The van der Waals surface area contributed by atoms with Gasteiger partial charge in [0.05, 0.1) is 11.1 Å². The lowest BCUT2D eigenvalue weighted by molar-refractivity contribution is -0.160. The molecule has 7 nitrogen and oxygen atoms in total. The average molecular weight is 380 g/mol. The number of hydrogen-bond acceptors (Lipinski definition) is 5. The minimum absolute atomic E-state index is 0.237. The molecule has 3 rings (SSSR count). The maximum absolute atomic E-state index is 12.9. The van der Waals surface area contributed by atoms with Gasteiger partial charge in [-0.3, -0.25) is 19.3 Å². The molecular formula is C21H20N2O5. The summed E-state index contributed by atoms with van der Waals surface area (Å²) >= 11 is 0. The van der Waals surface area contributed by atoms with Gasteiger partial charge in [-0.1, -0.05) is 56.3 Å². The quantitative estimate of drug-likeness (QED) is 0.610. The Balaban J connectivity index is 1.91. The summed E-state index contributed by atoms with van der Waals surface area (Å²) < 4.78 is 5.37. The number of amides is 3. The first-order valence-corrected chi connectivity index (χ1v) is 8.84. The van der Waals surface area contributed by atoms with Crippen molar-refractivity contribution in [3.63, 3.8) is 0 Å². The van der Waals surface area contributed by atoms with E-state index in [9.17, 15) is 19.2 Å². The van der Waals surface area contributed by atoms with Crippen molar-refractivity contribution >= 4 is 23.7 Å². The van der Waals surface area contributed by atoms with Crippen molar-refractivity contribution in [2.24, 2.45) is 11.7 Å². The molecule has 3 amide bonds. The molecule has 2 atom stereocenters. The largest absolute Gasteiger partial charge is 0.446 e. The van der Waals surface area contributed by atoms with Gasteiger partial charge in [0.1, 0.15) is 6.04 Å². The van der Waals surface area contributed by atoms with Crippen LogP contribution in [0.2, 0.25) is 0 Å². The molecule has 0 saturated carbocycles. The molecule has 0 aliphatic carbocycles. The molecule has 0 radical (unpaired) electrons. The Morgan fingerprint density at radius 2 is 1.39 bits per heavy atom. The van der Waals surface area contributed by atoms with Crippen LogP contribution in [0.1, 0.15) is 46.2 Å². The molecule has 28 heavy (non-hydrogen) atoms. The monoisotopic (exact) mass is 380 g/mol. The van der Waals surface area contributed by atoms with Crippen molar-refractivity contribution in [3.8, 4) is 0 Å². The summed E-state index contributed by atoms with van der Waals surface area (Å²) in [5.41, 5.74) is 6.29. The summed E-state index contributed by atoms with van der Waals surface area (Å²) in [5.74, 6) is -3.27. The molecule has 0 aromatic heterocycles. The first kappa shape index (κ1) is 19.3. The second kappa shape index (κ2) is 7.64. The van der Waals surface area contributed by atoms with Crippen LogP contribution in [0.5, 0.6) is 0 Å². The van der Waals surface area contributed by atoms with Crippen LogP contribution < -0.4 is 5.73 Å². The van der Waals surface area contributed by atoms with Crippen LogP contribution in [0, 0.1) is 5.92 Å². The first-order chi connectivity index (χ1) is 13.3. The number of benzene rings is 2. The lowest BCUT2D eigenvalue weighted by Crippen LogP contribution is -2.49. The fourth-order valence-corrected chi connectivity index (χ4v) is 3.24. The van der Waals surface area contributed by atoms with Crippen LogP contribution in [-0.2, 0) is 14.3 Å². The van der Waals surface area contributed by atoms with Crippen LogP contribution in [-0.4, -0.2) is 34.6 Å². The predicted molar refractivity (Wildman–Crippen MR) is 100 cm³/mol. The maximum Gasteiger partial charge on any atom is 0.330 e. The molecule has 0 fully saturated rings. The Kier molecular flexibility index (Phi) is 5.26. The lowest BCUT2D eigenvalue weighted by atomic mass is 10.0. The molecule has 2 aromatic carbocycles. The summed E-state index contributed by atoms with van der Waals surface area (Å²) in [6, 6.07) is 13.5. The number of primary amides is 1. The van der Waals surface area contributed by atoms with Crippen molar-refractivity contribution in [3.05, 3.63) is 71.3 Å². The Morgan fingerprint density at radius 3 is 1.86 bits per heavy atom. The number of imide groups is 1. The van der Waals surface area contributed by atoms with Crippen LogP contribution in [0.25, 0.3) is 0 Å². The van der Waals surface area contributed by atoms with Gasteiger partial charge in [0.15, 0.2) is 0 Å². The molecule has 2 aromatic rings. The highest BCUT2D eigenvalue weighted by atomic mass is 16.5. The molecule has 0 bridgehead atoms. The highest BCUT2D eigenvalue weighted by Gasteiger charge is 2.45. The molecule has 1 aliphatic rings. The normalized spacial score (nSPS) is 15.3. The van der Waals surface area contributed by atoms with Gasteiger partial charge in [-0.25, -0.2) is 4.79 Å². The Hall–Kier alpha value is -3.48. The van der Waals surface area contributed by atoms with E-state index < -0.39 is 41.8 Å². The zero-order chi connectivity index (χ0) is 20.4. The van der Waals surface area contributed by atoms with Gasteiger partial charge in [-0.15, -0.1) is 0 Å². The Labute approximate surface area is 162 Å². The number of hydrogen-bond donors (Lipinski definition) is 1. The molecule has 1 heterocycles. The second-order valence-electron chi connectivity index (χ2n) is 6.84. The van der Waals surface area contributed by atoms with Gasteiger partial charge < -0.3 is 10.5 Å². The lowest BCUT2D eigenvalue weighted by Gasteiger charge is -2.29. The van der Waals surface area contributed by atoms with Crippen LogP contribution in [0.3, 0.4) is 0 Å². The highest BCUT2D eigenvalue weighted by molar-refractivity contribution is 6.22. The van der Waals surface area contributed by atoms with Gasteiger partial charge in [0.25, 0.3) is 17.7 Å². The number of nitrogens with zero attached hydrogens (tertiary/aromatic N) is 1. The average Bonchev–Trinajstić information content (AvgIpc) is 2.92. The summed E-state index contributed by atoms with van der Waals surface area (Å²) in [5, 5.41) is 0. The highest BCUT2D eigenvalue weighted by Crippen LogP contribution is 2.29. The number of rotatable bonds is 6. The van der Waals surface area contributed by atoms with Gasteiger partial charge >= 0.3 is 5.97 Å². The van der Waals surface area contributed by atoms with Crippen molar-refractivity contribution in [1.29, 1.82) is 0 Å². The molecule has 2 N–H and O–H groups in total. The van der Waals surface area contributed by atoms with Crippen LogP contribution >= 0.6 is 0 Å². The molecular weight excluding hydrogens is 360 g/mol. The number of ether oxygens (including phenoxy) is 1. The molecule has 144 valence electrons. The smallest absolute Gasteiger partial charge is 0.330 e. The molecule has 1 aliphatic heterocycles. The van der Waals surface area contributed by atoms with Crippen LogP contribution in [0.15, 0.2) is 54.6 Å². The summed E-state index contributed by atoms with van der Waals surface area (Å²) in [6.45, 7) is 3.38. The summed E-state index contributed by atoms with van der Waals surface area (Å²) in [7, 11) is 0. The molecule has 1 unspecified atom stereocenters. The molecule has 7 heteroatoms. The number of esters is 1. The van der Waals surface area contributed by atoms with Crippen molar-refractivity contribution in [1.82, 2.24) is 4.90 Å². The molecule has 0 saturated heterocycles. The van der Waals surface area contributed by atoms with E-state index in [0.717, 1.165) is 4.90 Å². The number of fused-ring (bicyclic) bond motifs is 1. The third-order valence-corrected chi connectivity index (χ3v) is 4.57. The SMILES string of the molecule is CC(C)[C@@H](C(=O)OC(C(N)=O)c1ccccc1)N1C(=O)c2ccccc2C1=O. The Bertz CT molecular complexity index is 904. The van der Waals surface area contributed by atoms with Crippen molar-refractivity contribution < 1.29 is 23.9 Å². The fraction of sp³-hybridized carbons (Fsp3) is 0.238. The van der Waals surface area contributed by atoms with E-state index >= 15 is 0 Å². The molecule has 0 spiro atoms. The van der Waals surface area contributed by atoms with Gasteiger partial charge in [-0.05, 0) is 18.1 Å². The van der Waals surface area contributed by atoms with Crippen molar-refractivity contribution in [2.45, 2.75) is 26.0 Å². The third-order valence-electron chi connectivity index (χ3n) is 4.57. The number of carbonyl (C=O) groups excluding carboxylic acids is 4. The zero-order valence-corrected chi connectivity index (χ0v) is 15.5. The van der Waals surface area contributed by atoms with E-state index in [1.807, 2.05) is 0 Å². The Morgan fingerprint density at radius 1 is 0.893 bits per heavy atom. The van der Waals surface area contributed by atoms with E-state index in [1.165, 1.54) is 12.1 Å². The van der Waals surface area contributed by atoms with Gasteiger partial charge in [-0.2, -0.15) is 0 Å². The minimum atomic E-state index is -1.31. The van der Waals surface area contributed by atoms with Crippen LogP contribution in [0.4, 0.5) is 0 Å². The van der Waals surface area contributed by atoms with E-state index in [2.05, 4.69) is 0 Å². The minimum Gasteiger partial charge on any atom is -0.446 e. The predicted octanol–water partition coefficient (Wildman–Crippen LogP) is 2.08. The third kappa shape index (κ3) is 3.38. The zero-order valence-electron chi connectivity index (χ0n) is 15.5. The van der Waals surface area contributed by atoms with Gasteiger partial charge in [0.2, 0.25) is 6.10 Å². The van der Waals surface area contributed by atoms with E-state index in [1.54, 1.807) is 56.3 Å². The van der Waals surface area contributed by atoms with E-state index in [4.69, 9.17) is 10.5 Å². The number of carbonyl (C=O) groups is 4. The van der Waals surface area contributed by atoms with Crippen molar-refractivity contribution in [2.75, 3.05) is 0 Å². The standard InChI is InChI=1S/C21H20N2O5/c1-12(2)16(23-19(25)14-10-6-7-11-15(14)20(23)26)21(27)28-17(18(22)24)13-8-4-3-5-9-13/h3-12,16-17H,1-2H3,(H2,22,24)/t16-,17?/m0/s1.